The first-order valence-corrected chi connectivity index (χ1v) is 7.61. The molecule has 19 heavy (non-hydrogen) atoms. The summed E-state index contributed by atoms with van der Waals surface area (Å²) in [6.07, 6.45) is 3.97. The Kier molecular flexibility index (Phi) is 4.51. The highest BCUT2D eigenvalue weighted by atomic mass is 15.1. The van der Waals surface area contributed by atoms with Gasteiger partial charge in [-0.25, -0.2) is 0 Å². The SMILES string of the molecule is CCC1CN(Cc2ccc(N)cc2)CC(C)(CC)C1. The van der Waals surface area contributed by atoms with Crippen molar-refractivity contribution in [1.29, 1.82) is 0 Å². The number of hydrogen-bond acceptors (Lipinski definition) is 2. The van der Waals surface area contributed by atoms with Crippen molar-refractivity contribution in [3.8, 4) is 0 Å². The van der Waals surface area contributed by atoms with E-state index in [2.05, 4.69) is 37.8 Å². The van der Waals surface area contributed by atoms with Crippen molar-refractivity contribution < 1.29 is 0 Å². The van der Waals surface area contributed by atoms with Gasteiger partial charge in [-0.1, -0.05) is 39.3 Å². The van der Waals surface area contributed by atoms with Crippen molar-refractivity contribution in [2.75, 3.05) is 18.8 Å². The highest BCUT2D eigenvalue weighted by molar-refractivity contribution is 5.39. The third-order valence-electron chi connectivity index (χ3n) is 4.72. The van der Waals surface area contributed by atoms with Gasteiger partial charge in [-0.3, -0.25) is 4.90 Å². The Morgan fingerprint density at radius 3 is 2.53 bits per heavy atom. The van der Waals surface area contributed by atoms with E-state index >= 15 is 0 Å². The van der Waals surface area contributed by atoms with E-state index < -0.39 is 0 Å². The summed E-state index contributed by atoms with van der Waals surface area (Å²) in [5.74, 6) is 0.854. The molecule has 1 aliphatic heterocycles. The van der Waals surface area contributed by atoms with Crippen LogP contribution in [0.15, 0.2) is 24.3 Å². The second kappa shape index (κ2) is 5.96. The summed E-state index contributed by atoms with van der Waals surface area (Å²) in [7, 11) is 0. The lowest BCUT2D eigenvalue weighted by Crippen LogP contribution is -2.45. The number of nitrogens with zero attached hydrogens (tertiary/aromatic N) is 1. The van der Waals surface area contributed by atoms with Crippen LogP contribution in [0.2, 0.25) is 0 Å². The molecule has 2 nitrogen and oxygen atoms in total. The van der Waals surface area contributed by atoms with Crippen LogP contribution in [-0.2, 0) is 6.54 Å². The monoisotopic (exact) mass is 260 g/mol. The molecule has 1 aromatic rings. The van der Waals surface area contributed by atoms with Crippen molar-refractivity contribution in [2.45, 2.75) is 46.6 Å². The minimum atomic E-state index is 0.493. The number of rotatable bonds is 4. The molecule has 1 aliphatic rings. The summed E-state index contributed by atoms with van der Waals surface area (Å²) < 4.78 is 0. The predicted octanol–water partition coefficient (Wildman–Crippen LogP) is 3.92. The molecule has 0 bridgehead atoms. The van der Waals surface area contributed by atoms with Crippen LogP contribution in [0.3, 0.4) is 0 Å². The minimum Gasteiger partial charge on any atom is -0.399 e. The van der Waals surface area contributed by atoms with Gasteiger partial charge in [0.2, 0.25) is 0 Å². The van der Waals surface area contributed by atoms with Crippen LogP contribution in [0, 0.1) is 11.3 Å². The second-order valence-corrected chi connectivity index (χ2v) is 6.55. The number of nitrogen functional groups attached to an aromatic ring is 1. The van der Waals surface area contributed by atoms with Crippen molar-refractivity contribution >= 4 is 5.69 Å². The normalized spacial score (nSPS) is 28.5. The molecule has 0 amide bonds. The molecule has 0 spiro atoms. The molecule has 106 valence electrons. The summed E-state index contributed by atoms with van der Waals surface area (Å²) in [5.41, 5.74) is 8.48. The van der Waals surface area contributed by atoms with Crippen molar-refractivity contribution in [1.82, 2.24) is 4.90 Å². The maximum atomic E-state index is 5.75. The van der Waals surface area contributed by atoms with Gasteiger partial charge in [0.1, 0.15) is 0 Å². The number of likely N-dealkylation sites (tertiary alicyclic amines) is 1. The van der Waals surface area contributed by atoms with Crippen LogP contribution >= 0.6 is 0 Å². The molecule has 2 unspecified atom stereocenters. The molecule has 1 aromatic carbocycles. The third-order valence-corrected chi connectivity index (χ3v) is 4.72. The fraction of sp³-hybridized carbons (Fsp3) is 0.647. The quantitative estimate of drug-likeness (QED) is 0.831. The lowest BCUT2D eigenvalue weighted by Gasteiger charge is -2.44. The van der Waals surface area contributed by atoms with Crippen LogP contribution in [0.1, 0.15) is 45.6 Å². The van der Waals surface area contributed by atoms with Gasteiger partial charge < -0.3 is 5.73 Å². The molecule has 1 fully saturated rings. The van der Waals surface area contributed by atoms with Crippen molar-refractivity contribution in [3.05, 3.63) is 29.8 Å². The minimum absolute atomic E-state index is 0.493. The fourth-order valence-corrected chi connectivity index (χ4v) is 3.33. The van der Waals surface area contributed by atoms with E-state index in [0.717, 1.165) is 18.2 Å². The topological polar surface area (TPSA) is 29.3 Å². The van der Waals surface area contributed by atoms with Gasteiger partial charge >= 0.3 is 0 Å². The van der Waals surface area contributed by atoms with Crippen LogP contribution in [0.25, 0.3) is 0 Å². The molecule has 0 aromatic heterocycles. The van der Waals surface area contributed by atoms with Crippen LogP contribution < -0.4 is 5.73 Å². The van der Waals surface area contributed by atoms with Gasteiger partial charge in [-0.2, -0.15) is 0 Å². The summed E-state index contributed by atoms with van der Waals surface area (Å²) in [4.78, 5) is 2.63. The van der Waals surface area contributed by atoms with Gasteiger partial charge in [0, 0.05) is 25.3 Å². The summed E-state index contributed by atoms with van der Waals surface area (Å²) >= 11 is 0. The number of piperidine rings is 1. The number of nitrogens with two attached hydrogens (primary N) is 1. The first kappa shape index (κ1) is 14.4. The lowest BCUT2D eigenvalue weighted by molar-refractivity contribution is 0.0506. The molecule has 0 saturated carbocycles. The van der Waals surface area contributed by atoms with Gasteiger partial charge in [0.05, 0.1) is 0 Å². The molecular weight excluding hydrogens is 232 g/mol. The molecule has 2 rings (SSSR count). The zero-order valence-electron chi connectivity index (χ0n) is 12.7. The second-order valence-electron chi connectivity index (χ2n) is 6.55. The molecule has 1 heterocycles. The molecule has 2 heteroatoms. The maximum absolute atomic E-state index is 5.75. The Morgan fingerprint density at radius 1 is 1.26 bits per heavy atom. The number of anilines is 1. The Balaban J connectivity index is 2.04. The van der Waals surface area contributed by atoms with E-state index in [0.29, 0.717) is 5.41 Å². The largest absolute Gasteiger partial charge is 0.399 e. The summed E-state index contributed by atoms with van der Waals surface area (Å²) in [6, 6.07) is 8.34. The third kappa shape index (κ3) is 3.73. The predicted molar refractivity (Wildman–Crippen MR) is 82.9 cm³/mol. The van der Waals surface area contributed by atoms with Gasteiger partial charge in [-0.15, -0.1) is 0 Å². The van der Waals surface area contributed by atoms with E-state index in [9.17, 15) is 0 Å². The Bertz CT molecular complexity index is 398. The number of hydrogen-bond donors (Lipinski definition) is 1. The molecule has 2 N–H and O–H groups in total. The highest BCUT2D eigenvalue weighted by Crippen LogP contribution is 2.37. The van der Waals surface area contributed by atoms with Crippen molar-refractivity contribution in [3.63, 3.8) is 0 Å². The van der Waals surface area contributed by atoms with Gasteiger partial charge in [-0.05, 0) is 41.9 Å². The first-order chi connectivity index (χ1) is 9.04. The van der Waals surface area contributed by atoms with E-state index in [-0.39, 0.29) is 0 Å². The van der Waals surface area contributed by atoms with Gasteiger partial charge in [0.25, 0.3) is 0 Å². The Hall–Kier alpha value is -1.02. The van der Waals surface area contributed by atoms with E-state index in [1.807, 2.05) is 12.1 Å². The van der Waals surface area contributed by atoms with Gasteiger partial charge in [0.15, 0.2) is 0 Å². The maximum Gasteiger partial charge on any atom is 0.0314 e. The fourth-order valence-electron chi connectivity index (χ4n) is 3.33. The molecular formula is C17H28N2. The first-order valence-electron chi connectivity index (χ1n) is 7.61. The van der Waals surface area contributed by atoms with E-state index in [4.69, 9.17) is 5.73 Å². The smallest absolute Gasteiger partial charge is 0.0314 e. The zero-order chi connectivity index (χ0) is 13.9. The Labute approximate surface area is 118 Å². The Morgan fingerprint density at radius 2 is 1.95 bits per heavy atom. The average Bonchev–Trinajstić information content (AvgIpc) is 2.41. The molecule has 1 saturated heterocycles. The molecule has 2 atom stereocenters. The zero-order valence-corrected chi connectivity index (χ0v) is 12.7. The molecule has 0 aliphatic carbocycles. The van der Waals surface area contributed by atoms with Crippen LogP contribution in [0.5, 0.6) is 0 Å². The summed E-state index contributed by atoms with van der Waals surface area (Å²) in [6.45, 7) is 10.6. The van der Waals surface area contributed by atoms with E-state index in [1.165, 1.54) is 37.9 Å². The molecule has 0 radical (unpaired) electrons. The average molecular weight is 260 g/mol. The van der Waals surface area contributed by atoms with Crippen LogP contribution in [0.4, 0.5) is 5.69 Å². The number of benzene rings is 1. The standard InChI is InChI=1S/C17H28N2/c1-4-14-10-17(3,5-2)13-19(11-14)12-15-6-8-16(18)9-7-15/h6-9,14H,4-5,10-13,18H2,1-3H3. The van der Waals surface area contributed by atoms with Crippen LogP contribution in [-0.4, -0.2) is 18.0 Å². The summed E-state index contributed by atoms with van der Waals surface area (Å²) in [5, 5.41) is 0. The van der Waals surface area contributed by atoms with E-state index in [1.54, 1.807) is 0 Å². The van der Waals surface area contributed by atoms with Crippen molar-refractivity contribution in [2.24, 2.45) is 11.3 Å². The lowest BCUT2D eigenvalue weighted by atomic mass is 9.74. The highest BCUT2D eigenvalue weighted by Gasteiger charge is 2.33.